The molecule has 3 rings (SSSR count). The Morgan fingerprint density at radius 1 is 1.24 bits per heavy atom. The summed E-state index contributed by atoms with van der Waals surface area (Å²) in [4.78, 5) is 10.3. The molecule has 0 amide bonds. The van der Waals surface area contributed by atoms with Crippen molar-refractivity contribution in [2.45, 2.75) is 26.3 Å². The Hall–Kier alpha value is -2.55. The summed E-state index contributed by atoms with van der Waals surface area (Å²) >= 11 is 0. The number of aromatic nitrogens is 2. The maximum Gasteiger partial charge on any atom is 0.573 e. The van der Waals surface area contributed by atoms with Crippen molar-refractivity contribution in [3.63, 3.8) is 0 Å². The number of rotatable bonds is 4. The van der Waals surface area contributed by atoms with Gasteiger partial charge >= 0.3 is 12.4 Å². The lowest BCUT2D eigenvalue weighted by Gasteiger charge is -2.16. The van der Waals surface area contributed by atoms with Gasteiger partial charge in [0.05, 0.1) is 24.7 Å². The van der Waals surface area contributed by atoms with Crippen LogP contribution in [0.4, 0.5) is 18.9 Å². The average molecular weight is 354 g/mol. The number of ether oxygens (including phenoxy) is 2. The van der Waals surface area contributed by atoms with Crippen LogP contribution in [0.3, 0.4) is 0 Å². The minimum absolute atomic E-state index is 0.0470. The first-order valence-corrected chi connectivity index (χ1v) is 7.65. The van der Waals surface area contributed by atoms with Crippen LogP contribution < -0.4 is 19.7 Å². The molecule has 1 aliphatic heterocycles. The van der Waals surface area contributed by atoms with Crippen LogP contribution >= 0.6 is 0 Å². The fraction of sp³-hybridized carbons (Fsp3) is 0.375. The second-order valence-electron chi connectivity index (χ2n) is 5.79. The lowest BCUT2D eigenvalue weighted by atomic mass is 10.2. The van der Waals surface area contributed by atoms with E-state index >= 15 is 0 Å². The van der Waals surface area contributed by atoms with E-state index in [0.29, 0.717) is 18.3 Å². The Bertz CT molecular complexity index is 737. The number of nitrogens with one attached hydrogen (secondary N) is 1. The Morgan fingerprint density at radius 3 is 2.56 bits per heavy atom. The van der Waals surface area contributed by atoms with Crippen LogP contribution in [-0.4, -0.2) is 35.6 Å². The van der Waals surface area contributed by atoms with E-state index in [-0.39, 0.29) is 17.5 Å². The van der Waals surface area contributed by atoms with Crippen molar-refractivity contribution in [3.8, 4) is 17.5 Å². The summed E-state index contributed by atoms with van der Waals surface area (Å²) in [6.45, 7) is 5.15. The molecule has 0 aliphatic carbocycles. The topological polar surface area (TPSA) is 59.5 Å². The Labute approximate surface area is 142 Å². The highest BCUT2D eigenvalue weighted by molar-refractivity contribution is 5.44. The Morgan fingerprint density at radius 2 is 1.96 bits per heavy atom. The molecule has 25 heavy (non-hydrogen) atoms. The van der Waals surface area contributed by atoms with E-state index in [1.165, 1.54) is 19.1 Å². The van der Waals surface area contributed by atoms with Gasteiger partial charge in [-0.15, -0.1) is 13.2 Å². The Balaban J connectivity index is 1.71. The molecule has 0 bridgehead atoms. The molecule has 9 heteroatoms. The van der Waals surface area contributed by atoms with Gasteiger partial charge in [0.1, 0.15) is 11.5 Å². The van der Waals surface area contributed by atoms with Crippen molar-refractivity contribution in [2.75, 3.05) is 18.1 Å². The summed E-state index contributed by atoms with van der Waals surface area (Å²) < 4.78 is 46.6. The third-order valence-electron chi connectivity index (χ3n) is 3.70. The summed E-state index contributed by atoms with van der Waals surface area (Å²) in [7, 11) is 0. The second kappa shape index (κ2) is 6.75. The van der Waals surface area contributed by atoms with Crippen LogP contribution in [0.2, 0.25) is 0 Å². The summed E-state index contributed by atoms with van der Waals surface area (Å²) in [5.74, 6) is -0.159. The van der Waals surface area contributed by atoms with E-state index in [2.05, 4.69) is 31.8 Å². The average Bonchev–Trinajstić information content (AvgIpc) is 2.96. The zero-order valence-electron chi connectivity index (χ0n) is 13.7. The van der Waals surface area contributed by atoms with E-state index in [1.54, 1.807) is 12.4 Å². The predicted molar refractivity (Wildman–Crippen MR) is 84.8 cm³/mol. The van der Waals surface area contributed by atoms with E-state index in [0.717, 1.165) is 18.3 Å². The molecule has 2 aromatic rings. The fourth-order valence-corrected chi connectivity index (χ4v) is 2.43. The summed E-state index contributed by atoms with van der Waals surface area (Å²) in [6, 6.07) is 4.59. The lowest BCUT2D eigenvalue weighted by Crippen LogP contribution is -2.21. The molecule has 2 heterocycles. The number of hydrogen-bond acceptors (Lipinski definition) is 6. The van der Waals surface area contributed by atoms with Gasteiger partial charge < -0.3 is 14.4 Å². The maximum atomic E-state index is 12.4. The smallest absolute Gasteiger partial charge is 0.424 e. The van der Waals surface area contributed by atoms with Crippen LogP contribution in [0.25, 0.3) is 0 Å². The van der Waals surface area contributed by atoms with E-state index in [4.69, 9.17) is 4.74 Å². The molecule has 0 saturated carbocycles. The van der Waals surface area contributed by atoms with E-state index in [1.807, 2.05) is 0 Å². The van der Waals surface area contributed by atoms with Crippen molar-refractivity contribution in [1.82, 2.24) is 15.3 Å². The largest absolute Gasteiger partial charge is 0.573 e. The highest BCUT2D eigenvalue weighted by atomic mass is 19.4. The highest BCUT2D eigenvalue weighted by Gasteiger charge is 2.32. The molecule has 1 aromatic heterocycles. The van der Waals surface area contributed by atoms with Gasteiger partial charge in [0.25, 0.3) is 0 Å². The quantitative estimate of drug-likeness (QED) is 0.910. The van der Waals surface area contributed by atoms with Gasteiger partial charge in [0.2, 0.25) is 0 Å². The predicted octanol–water partition coefficient (Wildman–Crippen LogP) is 3.23. The van der Waals surface area contributed by atoms with Crippen molar-refractivity contribution < 1.29 is 22.6 Å². The van der Waals surface area contributed by atoms with E-state index < -0.39 is 6.36 Å². The Kier molecular flexibility index (Phi) is 4.67. The van der Waals surface area contributed by atoms with Crippen LogP contribution in [0.5, 0.6) is 17.5 Å². The molecule has 1 saturated heterocycles. The molecule has 0 radical (unpaired) electrons. The molecule has 1 aromatic carbocycles. The third-order valence-corrected chi connectivity index (χ3v) is 3.70. The minimum Gasteiger partial charge on any atom is -0.424 e. The van der Waals surface area contributed by atoms with Gasteiger partial charge in [-0.1, -0.05) is 6.07 Å². The molecule has 1 N–H and O–H groups in total. The number of anilines is 1. The SMILES string of the molecule is Cc1ccc(Oc2ncc(N3CN[C@H](C)C3)cn2)cc1OC(F)(F)F. The third kappa shape index (κ3) is 4.50. The standard InChI is InChI=1S/C16H17F3N4O2/c1-10-3-4-13(5-14(10)25-16(17,18)19)24-15-20-6-12(7-21-15)23-8-11(2)22-9-23/h3-7,11,22H,8-9H2,1-2H3/t11-/m1/s1. The second-order valence-corrected chi connectivity index (χ2v) is 5.79. The van der Waals surface area contributed by atoms with Crippen LogP contribution in [-0.2, 0) is 0 Å². The zero-order valence-corrected chi connectivity index (χ0v) is 13.7. The molecule has 1 atom stereocenters. The number of alkyl halides is 3. The number of benzene rings is 1. The van der Waals surface area contributed by atoms with Crippen molar-refractivity contribution in [2.24, 2.45) is 0 Å². The van der Waals surface area contributed by atoms with Gasteiger partial charge in [-0.2, -0.15) is 0 Å². The monoisotopic (exact) mass is 354 g/mol. The van der Waals surface area contributed by atoms with Crippen LogP contribution in [0.1, 0.15) is 12.5 Å². The first kappa shape index (κ1) is 17.3. The molecular weight excluding hydrogens is 337 g/mol. The van der Waals surface area contributed by atoms with E-state index in [9.17, 15) is 13.2 Å². The zero-order chi connectivity index (χ0) is 18.0. The number of aryl methyl sites for hydroxylation is 1. The maximum absolute atomic E-state index is 12.4. The highest BCUT2D eigenvalue weighted by Crippen LogP contribution is 2.31. The molecular formula is C16H17F3N4O2. The van der Waals surface area contributed by atoms with Gasteiger partial charge in [-0.05, 0) is 25.5 Å². The van der Waals surface area contributed by atoms with Gasteiger partial charge in [0.15, 0.2) is 0 Å². The minimum atomic E-state index is -4.76. The first-order chi connectivity index (χ1) is 11.8. The summed E-state index contributed by atoms with van der Waals surface area (Å²) in [5, 5.41) is 3.29. The summed E-state index contributed by atoms with van der Waals surface area (Å²) in [6.07, 6.45) is -1.53. The van der Waals surface area contributed by atoms with Crippen molar-refractivity contribution in [1.29, 1.82) is 0 Å². The molecule has 1 fully saturated rings. The van der Waals surface area contributed by atoms with Crippen LogP contribution in [0, 0.1) is 6.92 Å². The molecule has 0 unspecified atom stereocenters. The first-order valence-electron chi connectivity index (χ1n) is 7.65. The number of nitrogens with zero attached hydrogens (tertiary/aromatic N) is 3. The van der Waals surface area contributed by atoms with Gasteiger partial charge in [-0.3, -0.25) is 5.32 Å². The molecule has 1 aliphatic rings. The fourth-order valence-electron chi connectivity index (χ4n) is 2.43. The molecule has 0 spiro atoms. The number of hydrogen-bond donors (Lipinski definition) is 1. The normalized spacial score (nSPS) is 17.6. The van der Waals surface area contributed by atoms with Crippen LogP contribution in [0.15, 0.2) is 30.6 Å². The number of halogens is 3. The van der Waals surface area contributed by atoms with Crippen molar-refractivity contribution >= 4 is 5.69 Å². The summed E-state index contributed by atoms with van der Waals surface area (Å²) in [5.41, 5.74) is 1.19. The lowest BCUT2D eigenvalue weighted by molar-refractivity contribution is -0.274. The van der Waals surface area contributed by atoms with Crippen molar-refractivity contribution in [3.05, 3.63) is 36.2 Å². The van der Waals surface area contributed by atoms with Gasteiger partial charge in [0, 0.05) is 18.7 Å². The van der Waals surface area contributed by atoms with Gasteiger partial charge in [-0.25, -0.2) is 9.97 Å². The molecule has 6 nitrogen and oxygen atoms in total. The molecule has 134 valence electrons.